The molecule has 1 saturated heterocycles. The second-order valence-electron chi connectivity index (χ2n) is 3.74. The van der Waals surface area contributed by atoms with Gasteiger partial charge in [-0.15, -0.1) is 0 Å². The topological polar surface area (TPSA) is 24.5 Å². The van der Waals surface area contributed by atoms with Crippen molar-refractivity contribution >= 4 is 0 Å². The van der Waals surface area contributed by atoms with Crippen LogP contribution in [0.1, 0.15) is 19.8 Å². The van der Waals surface area contributed by atoms with Crippen LogP contribution in [-0.2, 0) is 4.74 Å². The van der Waals surface area contributed by atoms with Crippen molar-refractivity contribution < 1.29 is 4.74 Å². The van der Waals surface area contributed by atoms with Gasteiger partial charge in [-0.3, -0.25) is 0 Å². The van der Waals surface area contributed by atoms with Gasteiger partial charge in [-0.05, 0) is 26.4 Å². The van der Waals surface area contributed by atoms with E-state index in [9.17, 15) is 0 Å². The molecule has 1 aliphatic rings. The van der Waals surface area contributed by atoms with Crippen LogP contribution < -0.4 is 5.32 Å². The van der Waals surface area contributed by atoms with E-state index in [4.69, 9.17) is 4.74 Å². The average Bonchev–Trinajstić information content (AvgIpc) is 2.64. The van der Waals surface area contributed by atoms with Crippen LogP contribution >= 0.6 is 0 Å². The summed E-state index contributed by atoms with van der Waals surface area (Å²) in [6.07, 6.45) is 2.95. The minimum absolute atomic E-state index is 0.479. The van der Waals surface area contributed by atoms with Gasteiger partial charge in [0.05, 0.1) is 6.10 Å². The Morgan fingerprint density at radius 3 is 3.00 bits per heavy atom. The van der Waals surface area contributed by atoms with Crippen LogP contribution in [0, 0.1) is 0 Å². The van der Waals surface area contributed by atoms with Gasteiger partial charge in [-0.25, -0.2) is 0 Å². The van der Waals surface area contributed by atoms with Gasteiger partial charge >= 0.3 is 0 Å². The highest BCUT2D eigenvalue weighted by atomic mass is 16.5. The van der Waals surface area contributed by atoms with Crippen molar-refractivity contribution in [3.63, 3.8) is 0 Å². The molecule has 0 bridgehead atoms. The molecule has 1 heterocycles. The first kappa shape index (κ1) is 11.0. The molecule has 0 aromatic rings. The molecule has 0 amide bonds. The average molecular weight is 186 g/mol. The van der Waals surface area contributed by atoms with Crippen LogP contribution in [0.2, 0.25) is 0 Å². The molecular formula is C10H22N2O. The minimum atomic E-state index is 0.479. The Hall–Kier alpha value is -0.120. The lowest BCUT2D eigenvalue weighted by Crippen LogP contribution is -2.33. The number of nitrogens with one attached hydrogen (secondary N) is 1. The van der Waals surface area contributed by atoms with E-state index in [2.05, 4.69) is 24.2 Å². The first-order chi connectivity index (χ1) is 6.33. The number of hydrogen-bond acceptors (Lipinski definition) is 3. The number of ether oxygens (including phenoxy) is 1. The molecule has 1 atom stereocenters. The Morgan fingerprint density at radius 1 is 1.54 bits per heavy atom. The van der Waals surface area contributed by atoms with Crippen molar-refractivity contribution in [2.45, 2.75) is 25.9 Å². The van der Waals surface area contributed by atoms with Crippen molar-refractivity contribution in [3.05, 3.63) is 0 Å². The second-order valence-corrected chi connectivity index (χ2v) is 3.74. The summed E-state index contributed by atoms with van der Waals surface area (Å²) in [4.78, 5) is 2.31. The summed E-state index contributed by atoms with van der Waals surface area (Å²) in [5, 5.41) is 3.43. The van der Waals surface area contributed by atoms with Gasteiger partial charge in [0.15, 0.2) is 0 Å². The van der Waals surface area contributed by atoms with Gasteiger partial charge in [0.25, 0.3) is 0 Å². The predicted octanol–water partition coefficient (Wildman–Crippen LogP) is 0.707. The highest BCUT2D eigenvalue weighted by Gasteiger charge is 2.14. The number of hydrogen-bond donors (Lipinski definition) is 1. The van der Waals surface area contributed by atoms with E-state index in [1.165, 1.54) is 12.8 Å². The quantitative estimate of drug-likeness (QED) is 0.618. The van der Waals surface area contributed by atoms with Gasteiger partial charge in [0.2, 0.25) is 0 Å². The molecule has 1 N–H and O–H groups in total. The molecule has 0 radical (unpaired) electrons. The predicted molar refractivity (Wildman–Crippen MR) is 55.0 cm³/mol. The molecule has 0 spiro atoms. The Balaban J connectivity index is 1.88. The van der Waals surface area contributed by atoms with E-state index in [0.29, 0.717) is 6.10 Å². The van der Waals surface area contributed by atoms with Crippen LogP contribution in [0.4, 0.5) is 0 Å². The lowest BCUT2D eigenvalue weighted by Gasteiger charge is -2.15. The van der Waals surface area contributed by atoms with Gasteiger partial charge in [0, 0.05) is 26.2 Å². The zero-order chi connectivity index (χ0) is 9.52. The van der Waals surface area contributed by atoms with Crippen LogP contribution in [0.15, 0.2) is 0 Å². The fourth-order valence-electron chi connectivity index (χ4n) is 1.50. The van der Waals surface area contributed by atoms with Crippen LogP contribution in [0.3, 0.4) is 0 Å². The molecular weight excluding hydrogens is 164 g/mol. The van der Waals surface area contributed by atoms with E-state index in [1.807, 2.05) is 0 Å². The molecule has 3 nitrogen and oxygen atoms in total. The van der Waals surface area contributed by atoms with Crippen molar-refractivity contribution in [3.8, 4) is 0 Å². The largest absolute Gasteiger partial charge is 0.377 e. The van der Waals surface area contributed by atoms with Crippen molar-refractivity contribution in [2.24, 2.45) is 0 Å². The SMILES string of the molecule is CCN(C)CCNCC1CCCO1. The van der Waals surface area contributed by atoms with E-state index in [1.54, 1.807) is 0 Å². The van der Waals surface area contributed by atoms with E-state index < -0.39 is 0 Å². The van der Waals surface area contributed by atoms with Crippen molar-refractivity contribution in [1.29, 1.82) is 0 Å². The summed E-state index contributed by atoms with van der Waals surface area (Å²) in [7, 11) is 2.15. The third-order valence-electron chi connectivity index (χ3n) is 2.61. The smallest absolute Gasteiger partial charge is 0.0700 e. The third kappa shape index (κ3) is 4.60. The van der Waals surface area contributed by atoms with E-state index in [0.717, 1.165) is 32.8 Å². The van der Waals surface area contributed by atoms with Gasteiger partial charge in [0.1, 0.15) is 0 Å². The summed E-state index contributed by atoms with van der Waals surface area (Å²) in [5.41, 5.74) is 0. The summed E-state index contributed by atoms with van der Waals surface area (Å²) in [6.45, 7) is 7.49. The first-order valence-corrected chi connectivity index (χ1v) is 5.33. The fraction of sp³-hybridized carbons (Fsp3) is 1.00. The maximum absolute atomic E-state index is 5.51. The zero-order valence-corrected chi connectivity index (χ0v) is 8.88. The molecule has 3 heteroatoms. The molecule has 13 heavy (non-hydrogen) atoms. The summed E-state index contributed by atoms with van der Waals surface area (Å²) in [6, 6.07) is 0. The molecule has 1 unspecified atom stereocenters. The Morgan fingerprint density at radius 2 is 2.38 bits per heavy atom. The molecule has 0 aromatic heterocycles. The molecule has 1 fully saturated rings. The van der Waals surface area contributed by atoms with Gasteiger partial charge in [-0.2, -0.15) is 0 Å². The Labute approximate surface area is 81.4 Å². The summed E-state index contributed by atoms with van der Waals surface area (Å²) >= 11 is 0. The lowest BCUT2D eigenvalue weighted by atomic mass is 10.2. The second kappa shape index (κ2) is 6.35. The first-order valence-electron chi connectivity index (χ1n) is 5.33. The molecule has 1 rings (SSSR count). The maximum Gasteiger partial charge on any atom is 0.0700 e. The van der Waals surface area contributed by atoms with Crippen LogP contribution in [0.25, 0.3) is 0 Å². The van der Waals surface area contributed by atoms with Crippen molar-refractivity contribution in [1.82, 2.24) is 10.2 Å². The number of nitrogens with zero attached hydrogens (tertiary/aromatic N) is 1. The van der Waals surface area contributed by atoms with Gasteiger partial charge < -0.3 is 15.0 Å². The zero-order valence-electron chi connectivity index (χ0n) is 8.88. The van der Waals surface area contributed by atoms with Gasteiger partial charge in [-0.1, -0.05) is 6.92 Å². The highest BCUT2D eigenvalue weighted by molar-refractivity contribution is 4.67. The van der Waals surface area contributed by atoms with Crippen LogP contribution in [-0.4, -0.2) is 50.8 Å². The Kier molecular flexibility index (Phi) is 5.35. The number of rotatable bonds is 6. The van der Waals surface area contributed by atoms with Crippen LogP contribution in [0.5, 0.6) is 0 Å². The lowest BCUT2D eigenvalue weighted by molar-refractivity contribution is 0.109. The Bertz CT molecular complexity index is 124. The summed E-state index contributed by atoms with van der Waals surface area (Å²) < 4.78 is 5.51. The number of likely N-dealkylation sites (N-methyl/N-ethyl adjacent to an activating group) is 1. The van der Waals surface area contributed by atoms with E-state index in [-0.39, 0.29) is 0 Å². The maximum atomic E-state index is 5.51. The minimum Gasteiger partial charge on any atom is -0.377 e. The standard InChI is InChI=1S/C10H22N2O/c1-3-12(2)7-6-11-9-10-5-4-8-13-10/h10-11H,3-9H2,1-2H3. The highest BCUT2D eigenvalue weighted by Crippen LogP contribution is 2.10. The monoisotopic (exact) mass is 186 g/mol. The molecule has 0 saturated carbocycles. The normalized spacial score (nSPS) is 22.8. The molecule has 0 aromatic carbocycles. The third-order valence-corrected chi connectivity index (χ3v) is 2.61. The van der Waals surface area contributed by atoms with Crippen molar-refractivity contribution in [2.75, 3.05) is 39.8 Å². The molecule has 0 aliphatic carbocycles. The summed E-state index contributed by atoms with van der Waals surface area (Å²) in [5.74, 6) is 0. The van der Waals surface area contributed by atoms with E-state index >= 15 is 0 Å². The molecule has 78 valence electrons. The fourth-order valence-corrected chi connectivity index (χ4v) is 1.50. The molecule has 1 aliphatic heterocycles.